The first kappa shape index (κ1) is 11.2. The Hall–Kier alpha value is -0.870. The van der Waals surface area contributed by atoms with Crippen molar-refractivity contribution in [3.63, 3.8) is 0 Å². The van der Waals surface area contributed by atoms with E-state index in [-0.39, 0.29) is 5.41 Å². The summed E-state index contributed by atoms with van der Waals surface area (Å²) in [6.45, 7) is 3.91. The number of rotatable bonds is 2. The van der Waals surface area contributed by atoms with E-state index in [2.05, 4.69) is 27.7 Å². The highest BCUT2D eigenvalue weighted by atomic mass is 32.1. The number of piperidine rings is 1. The van der Waals surface area contributed by atoms with Crippen molar-refractivity contribution >= 4 is 17.2 Å². The van der Waals surface area contributed by atoms with Crippen LogP contribution in [0.4, 0.5) is 0 Å². The zero-order valence-electron chi connectivity index (χ0n) is 9.95. The van der Waals surface area contributed by atoms with Crippen molar-refractivity contribution in [2.24, 2.45) is 5.41 Å². The van der Waals surface area contributed by atoms with E-state index in [0.29, 0.717) is 5.91 Å². The third kappa shape index (κ3) is 2.24. The largest absolute Gasteiger partial charge is 0.337 e. The maximum absolute atomic E-state index is 12.1. The third-order valence-corrected chi connectivity index (χ3v) is 4.86. The fraction of sp³-hybridized carbons (Fsp3) is 0.615. The van der Waals surface area contributed by atoms with E-state index >= 15 is 0 Å². The minimum Gasteiger partial charge on any atom is -0.337 e. The second-order valence-electron chi connectivity index (χ2n) is 5.26. The third-order valence-electron chi connectivity index (χ3n) is 4.00. The summed E-state index contributed by atoms with van der Waals surface area (Å²) in [5, 5.41) is 5.46. The lowest BCUT2D eigenvalue weighted by molar-refractivity contribution is -0.128. The molecule has 4 heteroatoms. The van der Waals surface area contributed by atoms with Gasteiger partial charge in [-0.25, -0.2) is 0 Å². The molecular formula is C13H18N2OS. The zero-order valence-corrected chi connectivity index (χ0v) is 10.8. The van der Waals surface area contributed by atoms with Crippen LogP contribution in [0.15, 0.2) is 17.5 Å². The lowest BCUT2D eigenvalue weighted by Gasteiger charge is -2.33. The first-order valence-electron chi connectivity index (χ1n) is 6.28. The van der Waals surface area contributed by atoms with E-state index in [1.807, 2.05) is 0 Å². The number of thiophene rings is 1. The van der Waals surface area contributed by atoms with Crippen LogP contribution in [0.1, 0.15) is 24.1 Å². The fourth-order valence-electron chi connectivity index (χ4n) is 3.01. The minimum absolute atomic E-state index is 0.277. The number of carbonyl (C=O) groups is 1. The SMILES string of the molecule is O=C1CC2(CCNCC2)CN1Cc1cccs1. The molecular weight excluding hydrogens is 232 g/mol. The van der Waals surface area contributed by atoms with Gasteiger partial charge in [-0.3, -0.25) is 4.79 Å². The molecule has 1 aromatic rings. The van der Waals surface area contributed by atoms with Crippen molar-refractivity contribution in [2.75, 3.05) is 19.6 Å². The Balaban J connectivity index is 1.69. The average molecular weight is 250 g/mol. The van der Waals surface area contributed by atoms with Gasteiger partial charge in [0.1, 0.15) is 0 Å². The Kier molecular flexibility index (Phi) is 2.92. The van der Waals surface area contributed by atoms with Crippen molar-refractivity contribution < 1.29 is 4.79 Å². The van der Waals surface area contributed by atoms with E-state index in [4.69, 9.17) is 0 Å². The predicted octanol–water partition coefficient (Wildman–Crippen LogP) is 1.85. The molecule has 2 aliphatic rings. The van der Waals surface area contributed by atoms with Gasteiger partial charge in [0.15, 0.2) is 0 Å². The number of likely N-dealkylation sites (tertiary alicyclic amines) is 1. The van der Waals surface area contributed by atoms with Gasteiger partial charge in [-0.05, 0) is 42.8 Å². The standard InChI is InChI=1S/C13H18N2OS/c16-12-8-13(3-5-14-6-4-13)10-15(12)9-11-2-1-7-17-11/h1-2,7,14H,3-6,8-10H2. The van der Waals surface area contributed by atoms with Crippen molar-refractivity contribution in [3.8, 4) is 0 Å². The Bertz CT molecular complexity index is 396. The molecule has 0 atom stereocenters. The number of hydrogen-bond acceptors (Lipinski definition) is 3. The molecule has 2 saturated heterocycles. The average Bonchev–Trinajstić information content (AvgIpc) is 2.91. The molecule has 0 radical (unpaired) electrons. The molecule has 1 spiro atoms. The van der Waals surface area contributed by atoms with E-state index in [1.165, 1.54) is 4.88 Å². The van der Waals surface area contributed by atoms with Crippen LogP contribution in [0.3, 0.4) is 0 Å². The second-order valence-corrected chi connectivity index (χ2v) is 6.29. The molecule has 1 N–H and O–H groups in total. The second kappa shape index (κ2) is 4.42. The number of carbonyl (C=O) groups excluding carboxylic acids is 1. The number of nitrogens with zero attached hydrogens (tertiary/aromatic N) is 1. The summed E-state index contributed by atoms with van der Waals surface area (Å²) in [7, 11) is 0. The van der Waals surface area contributed by atoms with Crippen LogP contribution in [0.5, 0.6) is 0 Å². The maximum atomic E-state index is 12.1. The van der Waals surface area contributed by atoms with Gasteiger partial charge in [0, 0.05) is 17.8 Å². The summed E-state index contributed by atoms with van der Waals surface area (Å²) in [5.41, 5.74) is 0.277. The minimum atomic E-state index is 0.277. The van der Waals surface area contributed by atoms with Crippen LogP contribution in [0.25, 0.3) is 0 Å². The molecule has 2 fully saturated rings. The van der Waals surface area contributed by atoms with E-state index < -0.39 is 0 Å². The van der Waals surface area contributed by atoms with Crippen molar-refractivity contribution in [1.82, 2.24) is 10.2 Å². The van der Waals surface area contributed by atoms with Gasteiger partial charge in [-0.15, -0.1) is 11.3 Å². The first-order valence-corrected chi connectivity index (χ1v) is 7.16. The van der Waals surface area contributed by atoms with Gasteiger partial charge in [0.2, 0.25) is 5.91 Å². The van der Waals surface area contributed by atoms with Gasteiger partial charge in [0.25, 0.3) is 0 Å². The fourth-order valence-corrected chi connectivity index (χ4v) is 3.73. The monoisotopic (exact) mass is 250 g/mol. The van der Waals surface area contributed by atoms with Crippen LogP contribution in [-0.4, -0.2) is 30.4 Å². The molecule has 2 aliphatic heterocycles. The Morgan fingerprint density at radius 3 is 2.94 bits per heavy atom. The van der Waals surface area contributed by atoms with E-state index in [0.717, 1.165) is 45.4 Å². The smallest absolute Gasteiger partial charge is 0.223 e. The number of hydrogen-bond donors (Lipinski definition) is 1. The van der Waals surface area contributed by atoms with E-state index in [1.54, 1.807) is 11.3 Å². The summed E-state index contributed by atoms with van der Waals surface area (Å²) >= 11 is 1.74. The van der Waals surface area contributed by atoms with Gasteiger partial charge >= 0.3 is 0 Å². The molecule has 17 heavy (non-hydrogen) atoms. The van der Waals surface area contributed by atoms with Gasteiger partial charge in [-0.2, -0.15) is 0 Å². The molecule has 1 aromatic heterocycles. The van der Waals surface area contributed by atoms with Gasteiger partial charge in [-0.1, -0.05) is 6.07 Å². The molecule has 0 aliphatic carbocycles. The van der Waals surface area contributed by atoms with Crippen LogP contribution in [0.2, 0.25) is 0 Å². The van der Waals surface area contributed by atoms with Crippen LogP contribution in [-0.2, 0) is 11.3 Å². The lowest BCUT2D eigenvalue weighted by Crippen LogP contribution is -2.38. The zero-order chi connectivity index (χ0) is 11.7. The quantitative estimate of drug-likeness (QED) is 0.869. The molecule has 3 nitrogen and oxygen atoms in total. The highest BCUT2D eigenvalue weighted by molar-refractivity contribution is 7.09. The lowest BCUT2D eigenvalue weighted by atomic mass is 9.78. The normalized spacial score (nSPS) is 23.5. The van der Waals surface area contributed by atoms with Crippen molar-refractivity contribution in [2.45, 2.75) is 25.8 Å². The van der Waals surface area contributed by atoms with Gasteiger partial charge in [0.05, 0.1) is 6.54 Å². The van der Waals surface area contributed by atoms with Crippen molar-refractivity contribution in [3.05, 3.63) is 22.4 Å². The summed E-state index contributed by atoms with van der Waals surface area (Å²) in [6.07, 6.45) is 3.07. The summed E-state index contributed by atoms with van der Waals surface area (Å²) in [4.78, 5) is 15.4. The Labute approximate surface area is 106 Å². The summed E-state index contributed by atoms with van der Waals surface area (Å²) in [5.74, 6) is 0.348. The molecule has 0 saturated carbocycles. The van der Waals surface area contributed by atoms with Crippen LogP contribution in [0, 0.1) is 5.41 Å². The Morgan fingerprint density at radius 2 is 2.24 bits per heavy atom. The maximum Gasteiger partial charge on any atom is 0.223 e. The number of amides is 1. The molecule has 0 unspecified atom stereocenters. The first-order chi connectivity index (χ1) is 8.27. The predicted molar refractivity (Wildman–Crippen MR) is 68.9 cm³/mol. The summed E-state index contributed by atoms with van der Waals surface area (Å²) < 4.78 is 0. The highest BCUT2D eigenvalue weighted by Gasteiger charge is 2.43. The van der Waals surface area contributed by atoms with Crippen LogP contribution >= 0.6 is 11.3 Å². The molecule has 0 aromatic carbocycles. The summed E-state index contributed by atoms with van der Waals surface area (Å²) in [6, 6.07) is 4.17. The van der Waals surface area contributed by atoms with Crippen LogP contribution < -0.4 is 5.32 Å². The topological polar surface area (TPSA) is 32.3 Å². The molecule has 3 heterocycles. The number of nitrogens with one attached hydrogen (secondary N) is 1. The Morgan fingerprint density at radius 1 is 1.41 bits per heavy atom. The molecule has 3 rings (SSSR count). The molecule has 92 valence electrons. The molecule has 0 bridgehead atoms. The van der Waals surface area contributed by atoms with E-state index in [9.17, 15) is 4.79 Å². The highest BCUT2D eigenvalue weighted by Crippen LogP contribution is 2.39. The molecule has 1 amide bonds. The van der Waals surface area contributed by atoms with Crippen molar-refractivity contribution in [1.29, 1.82) is 0 Å². The van der Waals surface area contributed by atoms with Gasteiger partial charge < -0.3 is 10.2 Å².